The minimum absolute atomic E-state index is 0.0194. The van der Waals surface area contributed by atoms with E-state index in [1.54, 1.807) is 0 Å². The maximum absolute atomic E-state index is 12.5. The molecule has 4 aliphatic rings. The zero-order chi connectivity index (χ0) is 22.3. The lowest BCUT2D eigenvalue weighted by molar-refractivity contribution is -0.113. The first-order valence-corrected chi connectivity index (χ1v) is 12.9. The van der Waals surface area contributed by atoms with E-state index >= 15 is 0 Å². The number of anilines is 1. The van der Waals surface area contributed by atoms with Crippen LogP contribution in [0.4, 0.5) is 5.69 Å². The van der Waals surface area contributed by atoms with Crippen LogP contribution >= 0.6 is 11.8 Å². The third-order valence-corrected chi connectivity index (χ3v) is 8.89. The number of thioether (sulfide) groups is 1. The van der Waals surface area contributed by atoms with Gasteiger partial charge < -0.3 is 9.88 Å². The standard InChI is InChI=1S/C26H34N4OS/c1-4-7-30-23(15-26-12-19-9-20(13-26)11-21(10-19)14-26)28-29-25(30)32-16-24(31)27-22-6-5-17(2)18(3)8-22/h4-6,8,19-21H,1,7,9-16H2,2-3H3,(H,27,31). The second kappa shape index (κ2) is 8.69. The van der Waals surface area contributed by atoms with Crippen molar-refractivity contribution in [2.75, 3.05) is 11.1 Å². The second-order valence-corrected chi connectivity index (χ2v) is 11.5. The maximum Gasteiger partial charge on any atom is 0.234 e. The van der Waals surface area contributed by atoms with Crippen molar-refractivity contribution in [3.05, 3.63) is 47.8 Å². The fraction of sp³-hybridized carbons (Fsp3) is 0.577. The van der Waals surface area contributed by atoms with E-state index in [4.69, 9.17) is 0 Å². The summed E-state index contributed by atoms with van der Waals surface area (Å²) < 4.78 is 2.18. The highest BCUT2D eigenvalue weighted by atomic mass is 32.2. The number of aromatic nitrogens is 3. The van der Waals surface area contributed by atoms with Crippen molar-refractivity contribution >= 4 is 23.4 Å². The van der Waals surface area contributed by atoms with Gasteiger partial charge in [0.15, 0.2) is 5.16 Å². The first-order chi connectivity index (χ1) is 15.4. The quantitative estimate of drug-likeness (QED) is 0.422. The van der Waals surface area contributed by atoms with Gasteiger partial charge in [0.05, 0.1) is 5.75 Å². The Labute approximate surface area is 195 Å². The predicted octanol–water partition coefficient (Wildman–Crippen LogP) is 5.57. The normalized spacial score (nSPS) is 28.1. The van der Waals surface area contributed by atoms with Crippen LogP contribution in [0.15, 0.2) is 36.0 Å². The number of nitrogens with one attached hydrogen (secondary N) is 1. The van der Waals surface area contributed by atoms with E-state index in [0.717, 1.165) is 40.8 Å². The summed E-state index contributed by atoms with van der Waals surface area (Å²) in [6, 6.07) is 6.01. The zero-order valence-corrected chi connectivity index (χ0v) is 20.1. The summed E-state index contributed by atoms with van der Waals surface area (Å²) in [6.07, 6.45) is 11.4. The van der Waals surface area contributed by atoms with Crippen LogP contribution in [0, 0.1) is 37.0 Å². The first-order valence-electron chi connectivity index (χ1n) is 12.0. The van der Waals surface area contributed by atoms with Crippen LogP contribution in [-0.4, -0.2) is 26.4 Å². The van der Waals surface area contributed by atoms with E-state index in [1.165, 1.54) is 61.4 Å². The molecule has 1 aromatic carbocycles. The van der Waals surface area contributed by atoms with E-state index in [9.17, 15) is 4.79 Å². The molecule has 2 aromatic rings. The Morgan fingerprint density at radius 1 is 1.16 bits per heavy atom. The van der Waals surface area contributed by atoms with Crippen molar-refractivity contribution in [1.82, 2.24) is 14.8 Å². The fourth-order valence-electron chi connectivity index (χ4n) is 6.86. The van der Waals surface area contributed by atoms with Gasteiger partial charge in [-0.25, -0.2) is 0 Å². The number of benzene rings is 1. The molecular formula is C26H34N4OS. The van der Waals surface area contributed by atoms with Crippen LogP contribution in [0.5, 0.6) is 0 Å². The zero-order valence-electron chi connectivity index (χ0n) is 19.3. The Kier molecular flexibility index (Phi) is 5.91. The minimum atomic E-state index is -0.0194. The van der Waals surface area contributed by atoms with Gasteiger partial charge in [-0.1, -0.05) is 23.9 Å². The summed E-state index contributed by atoms with van der Waals surface area (Å²) in [7, 11) is 0. The molecule has 1 heterocycles. The number of allylic oxidation sites excluding steroid dienone is 1. The molecule has 4 aliphatic carbocycles. The van der Waals surface area contributed by atoms with Crippen LogP contribution in [-0.2, 0) is 17.8 Å². The van der Waals surface area contributed by atoms with E-state index in [-0.39, 0.29) is 5.91 Å². The van der Waals surface area contributed by atoms with Gasteiger partial charge in [-0.2, -0.15) is 0 Å². The van der Waals surface area contributed by atoms with Crippen LogP contribution in [0.2, 0.25) is 0 Å². The van der Waals surface area contributed by atoms with E-state index in [0.29, 0.717) is 17.7 Å². The summed E-state index contributed by atoms with van der Waals surface area (Å²) in [4.78, 5) is 12.5. The first kappa shape index (κ1) is 21.7. The molecule has 0 spiro atoms. The highest BCUT2D eigenvalue weighted by Gasteiger charge is 2.51. The van der Waals surface area contributed by atoms with Crippen molar-refractivity contribution < 1.29 is 4.79 Å². The van der Waals surface area contributed by atoms with Gasteiger partial charge in [0, 0.05) is 18.7 Å². The molecule has 0 saturated heterocycles. The molecule has 32 heavy (non-hydrogen) atoms. The van der Waals surface area contributed by atoms with Crippen molar-refractivity contribution in [2.24, 2.45) is 23.2 Å². The summed E-state index contributed by atoms with van der Waals surface area (Å²) in [6.45, 7) is 8.77. The lowest BCUT2D eigenvalue weighted by Gasteiger charge is -2.56. The molecule has 0 atom stereocenters. The third kappa shape index (κ3) is 4.39. The Morgan fingerprint density at radius 3 is 2.47 bits per heavy atom. The summed E-state index contributed by atoms with van der Waals surface area (Å²) >= 11 is 1.46. The molecule has 1 amide bonds. The molecule has 4 bridgehead atoms. The van der Waals surface area contributed by atoms with Gasteiger partial charge >= 0.3 is 0 Å². The largest absolute Gasteiger partial charge is 0.325 e. The van der Waals surface area contributed by atoms with Gasteiger partial charge in [-0.15, -0.1) is 16.8 Å². The summed E-state index contributed by atoms with van der Waals surface area (Å²) in [5.74, 6) is 4.16. The Bertz CT molecular complexity index is 992. The van der Waals surface area contributed by atoms with E-state index in [2.05, 4.69) is 40.5 Å². The van der Waals surface area contributed by atoms with Crippen LogP contribution in [0.3, 0.4) is 0 Å². The van der Waals surface area contributed by atoms with Gasteiger partial charge in [0.25, 0.3) is 0 Å². The number of hydrogen-bond acceptors (Lipinski definition) is 4. The van der Waals surface area contributed by atoms with Crippen molar-refractivity contribution in [3.63, 3.8) is 0 Å². The smallest absolute Gasteiger partial charge is 0.234 e. The lowest BCUT2D eigenvalue weighted by Crippen LogP contribution is -2.47. The molecule has 5 nitrogen and oxygen atoms in total. The maximum atomic E-state index is 12.5. The molecule has 0 radical (unpaired) electrons. The Morgan fingerprint density at radius 2 is 1.84 bits per heavy atom. The highest BCUT2D eigenvalue weighted by molar-refractivity contribution is 7.99. The Balaban J connectivity index is 1.25. The average Bonchev–Trinajstić information content (AvgIpc) is 3.09. The molecule has 0 aliphatic heterocycles. The summed E-state index contributed by atoms with van der Waals surface area (Å²) in [5, 5.41) is 12.9. The molecule has 1 aromatic heterocycles. The van der Waals surface area contributed by atoms with Crippen LogP contribution in [0.25, 0.3) is 0 Å². The molecule has 1 N–H and O–H groups in total. The summed E-state index contributed by atoms with van der Waals surface area (Å²) in [5.41, 5.74) is 3.66. The van der Waals surface area contributed by atoms with Crippen molar-refractivity contribution in [1.29, 1.82) is 0 Å². The predicted molar refractivity (Wildman–Crippen MR) is 130 cm³/mol. The monoisotopic (exact) mass is 450 g/mol. The van der Waals surface area contributed by atoms with Gasteiger partial charge in [-0.05, 0) is 98.8 Å². The van der Waals surface area contributed by atoms with Crippen molar-refractivity contribution in [3.8, 4) is 0 Å². The van der Waals surface area contributed by atoms with Crippen LogP contribution in [0.1, 0.15) is 55.5 Å². The van der Waals surface area contributed by atoms with Crippen LogP contribution < -0.4 is 5.32 Å². The fourth-order valence-corrected chi connectivity index (χ4v) is 7.62. The highest BCUT2D eigenvalue weighted by Crippen LogP contribution is 2.61. The van der Waals surface area contributed by atoms with Gasteiger partial charge in [-0.3, -0.25) is 4.79 Å². The molecular weight excluding hydrogens is 416 g/mol. The number of nitrogens with zero attached hydrogens (tertiary/aromatic N) is 3. The van der Waals surface area contributed by atoms with Crippen molar-refractivity contribution in [2.45, 2.75) is 70.5 Å². The van der Waals surface area contributed by atoms with E-state index < -0.39 is 0 Å². The topological polar surface area (TPSA) is 59.8 Å². The number of rotatable bonds is 8. The molecule has 0 unspecified atom stereocenters. The number of hydrogen-bond donors (Lipinski definition) is 1. The number of amides is 1. The van der Waals surface area contributed by atoms with E-state index in [1.807, 2.05) is 24.3 Å². The molecule has 4 saturated carbocycles. The molecule has 6 rings (SSSR count). The van der Waals surface area contributed by atoms with Gasteiger partial charge in [0.1, 0.15) is 5.82 Å². The Hall–Kier alpha value is -2.08. The SMILES string of the molecule is C=CCn1c(CC23CC4CC(CC(C4)C2)C3)nnc1SCC(=O)Nc1ccc(C)c(C)c1. The number of aryl methyl sites for hydroxylation is 2. The molecule has 170 valence electrons. The minimum Gasteiger partial charge on any atom is -0.325 e. The second-order valence-electron chi connectivity index (χ2n) is 10.5. The molecule has 4 fully saturated rings. The third-order valence-electron chi connectivity index (χ3n) is 7.93. The number of carbonyl (C=O) groups excluding carboxylic acids is 1. The average molecular weight is 451 g/mol. The molecule has 6 heteroatoms. The lowest BCUT2D eigenvalue weighted by atomic mass is 9.49. The van der Waals surface area contributed by atoms with Gasteiger partial charge in [0.2, 0.25) is 5.91 Å². The number of carbonyl (C=O) groups is 1.